The molecule has 1 unspecified atom stereocenters. The monoisotopic (exact) mass is 310 g/mol. The van der Waals surface area contributed by atoms with Gasteiger partial charge >= 0.3 is 5.97 Å². The van der Waals surface area contributed by atoms with Crippen LogP contribution in [0.25, 0.3) is 0 Å². The van der Waals surface area contributed by atoms with Crippen LogP contribution in [0, 0.1) is 5.92 Å². The van der Waals surface area contributed by atoms with E-state index in [4.69, 9.17) is 5.11 Å². The highest BCUT2D eigenvalue weighted by Crippen LogP contribution is 2.17. The summed E-state index contributed by atoms with van der Waals surface area (Å²) in [5.41, 5.74) is 0. The fraction of sp³-hybridized carbons (Fsp3) is 0.500. The number of carbonyl (C=O) groups is 3. The molecule has 0 saturated carbocycles. The third-order valence-corrected chi connectivity index (χ3v) is 4.36. The second kappa shape index (κ2) is 7.21. The lowest BCUT2D eigenvalue weighted by atomic mass is 9.98. The Bertz CT molecular complexity index is 515. The second-order valence-electron chi connectivity index (χ2n) is 5.00. The fourth-order valence-electron chi connectivity index (χ4n) is 2.34. The van der Waals surface area contributed by atoms with Gasteiger partial charge in [-0.05, 0) is 24.3 Å². The Kier molecular flexibility index (Phi) is 5.32. The number of hydrogen-bond acceptors (Lipinski definition) is 4. The zero-order valence-electron chi connectivity index (χ0n) is 11.6. The van der Waals surface area contributed by atoms with Gasteiger partial charge in [-0.25, -0.2) is 0 Å². The van der Waals surface area contributed by atoms with Gasteiger partial charge in [0, 0.05) is 26.1 Å². The molecule has 1 aromatic heterocycles. The number of likely N-dealkylation sites (tertiary alicyclic amines) is 1. The van der Waals surface area contributed by atoms with Crippen molar-refractivity contribution in [3.05, 3.63) is 22.4 Å². The Balaban J connectivity index is 1.74. The van der Waals surface area contributed by atoms with Crippen molar-refractivity contribution < 1.29 is 19.5 Å². The van der Waals surface area contributed by atoms with Crippen molar-refractivity contribution in [2.75, 3.05) is 19.6 Å². The van der Waals surface area contributed by atoms with Gasteiger partial charge in [0.2, 0.25) is 5.91 Å². The SMILES string of the molecule is O=C(NCCC(=O)N1CCCC(C(=O)O)C1)c1cccs1. The molecule has 2 N–H and O–H groups in total. The van der Waals surface area contributed by atoms with Crippen molar-refractivity contribution in [3.8, 4) is 0 Å². The van der Waals surface area contributed by atoms with E-state index in [1.54, 1.807) is 17.0 Å². The number of amides is 2. The van der Waals surface area contributed by atoms with E-state index in [0.29, 0.717) is 24.3 Å². The molecule has 114 valence electrons. The van der Waals surface area contributed by atoms with Crippen molar-refractivity contribution in [1.82, 2.24) is 10.2 Å². The van der Waals surface area contributed by atoms with E-state index in [1.807, 2.05) is 5.38 Å². The van der Waals surface area contributed by atoms with Crippen LogP contribution in [-0.4, -0.2) is 47.4 Å². The van der Waals surface area contributed by atoms with Gasteiger partial charge in [0.25, 0.3) is 5.91 Å². The van der Waals surface area contributed by atoms with E-state index in [1.165, 1.54) is 11.3 Å². The maximum Gasteiger partial charge on any atom is 0.308 e. The first-order valence-electron chi connectivity index (χ1n) is 6.90. The molecule has 6 nitrogen and oxygen atoms in total. The summed E-state index contributed by atoms with van der Waals surface area (Å²) < 4.78 is 0. The van der Waals surface area contributed by atoms with Crippen molar-refractivity contribution >= 4 is 29.1 Å². The van der Waals surface area contributed by atoms with Crippen LogP contribution in [0.15, 0.2) is 17.5 Å². The first-order chi connectivity index (χ1) is 10.1. The van der Waals surface area contributed by atoms with Crippen LogP contribution >= 0.6 is 11.3 Å². The molecule has 2 heterocycles. The van der Waals surface area contributed by atoms with Crippen LogP contribution < -0.4 is 5.32 Å². The smallest absolute Gasteiger partial charge is 0.308 e. The van der Waals surface area contributed by atoms with Crippen LogP contribution in [-0.2, 0) is 9.59 Å². The number of carbonyl (C=O) groups excluding carboxylic acids is 2. The normalized spacial score (nSPS) is 18.3. The van der Waals surface area contributed by atoms with Crippen molar-refractivity contribution in [2.45, 2.75) is 19.3 Å². The van der Waals surface area contributed by atoms with E-state index in [0.717, 1.165) is 0 Å². The van der Waals surface area contributed by atoms with E-state index in [2.05, 4.69) is 5.32 Å². The average Bonchev–Trinajstić information content (AvgIpc) is 3.01. The molecule has 0 aromatic carbocycles. The zero-order valence-corrected chi connectivity index (χ0v) is 12.4. The van der Waals surface area contributed by atoms with E-state index >= 15 is 0 Å². The van der Waals surface area contributed by atoms with Gasteiger partial charge in [-0.2, -0.15) is 0 Å². The Labute approximate surface area is 126 Å². The standard InChI is InChI=1S/C14H18N2O4S/c17-12(16-7-1-3-10(9-16)14(19)20)5-6-15-13(18)11-4-2-8-21-11/h2,4,8,10H,1,3,5-7,9H2,(H,15,18)(H,19,20). The van der Waals surface area contributed by atoms with Gasteiger partial charge in [0.1, 0.15) is 0 Å². The third-order valence-electron chi connectivity index (χ3n) is 3.49. The summed E-state index contributed by atoms with van der Waals surface area (Å²) in [7, 11) is 0. The van der Waals surface area contributed by atoms with Gasteiger partial charge in [0.05, 0.1) is 10.8 Å². The van der Waals surface area contributed by atoms with Crippen LogP contribution in [0.3, 0.4) is 0 Å². The maximum atomic E-state index is 12.0. The molecule has 0 radical (unpaired) electrons. The second-order valence-corrected chi connectivity index (χ2v) is 5.95. The number of nitrogens with one attached hydrogen (secondary N) is 1. The molecular formula is C14H18N2O4S. The highest BCUT2D eigenvalue weighted by Gasteiger charge is 2.27. The molecular weight excluding hydrogens is 292 g/mol. The molecule has 1 aliphatic rings. The molecule has 2 amide bonds. The number of aliphatic carboxylic acids is 1. The van der Waals surface area contributed by atoms with Gasteiger partial charge in [-0.15, -0.1) is 11.3 Å². The number of piperidine rings is 1. The summed E-state index contributed by atoms with van der Waals surface area (Å²) in [5, 5.41) is 13.5. The van der Waals surface area contributed by atoms with Gasteiger partial charge in [0.15, 0.2) is 0 Å². The van der Waals surface area contributed by atoms with Crippen LogP contribution in [0.5, 0.6) is 0 Å². The summed E-state index contributed by atoms with van der Waals surface area (Å²) in [5.74, 6) is -1.60. The summed E-state index contributed by atoms with van der Waals surface area (Å²) in [6.45, 7) is 1.14. The molecule has 1 aliphatic heterocycles. The van der Waals surface area contributed by atoms with E-state index < -0.39 is 11.9 Å². The van der Waals surface area contributed by atoms with Crippen LogP contribution in [0.4, 0.5) is 0 Å². The lowest BCUT2D eigenvalue weighted by molar-refractivity contribution is -0.145. The molecule has 1 atom stereocenters. The molecule has 1 aromatic rings. The van der Waals surface area contributed by atoms with E-state index in [-0.39, 0.29) is 31.3 Å². The zero-order chi connectivity index (χ0) is 15.2. The highest BCUT2D eigenvalue weighted by molar-refractivity contribution is 7.12. The Morgan fingerprint density at radius 3 is 2.90 bits per heavy atom. The van der Waals surface area contributed by atoms with Crippen molar-refractivity contribution in [2.24, 2.45) is 5.92 Å². The van der Waals surface area contributed by atoms with Crippen LogP contribution in [0.2, 0.25) is 0 Å². The van der Waals surface area contributed by atoms with Gasteiger partial charge < -0.3 is 15.3 Å². The minimum atomic E-state index is -0.849. The summed E-state index contributed by atoms with van der Waals surface area (Å²) in [4.78, 5) is 36.9. The number of hydrogen-bond donors (Lipinski definition) is 2. The minimum absolute atomic E-state index is 0.104. The predicted octanol–water partition coefficient (Wildman–Crippen LogP) is 1.19. The molecule has 7 heteroatoms. The first-order valence-corrected chi connectivity index (χ1v) is 7.78. The first kappa shape index (κ1) is 15.5. The lowest BCUT2D eigenvalue weighted by Gasteiger charge is -2.30. The Hall–Kier alpha value is -1.89. The molecule has 0 spiro atoms. The lowest BCUT2D eigenvalue weighted by Crippen LogP contribution is -2.43. The minimum Gasteiger partial charge on any atom is -0.481 e. The largest absolute Gasteiger partial charge is 0.481 e. The summed E-state index contributed by atoms with van der Waals surface area (Å²) in [6.07, 6.45) is 1.53. The molecule has 0 bridgehead atoms. The highest BCUT2D eigenvalue weighted by atomic mass is 32.1. The maximum absolute atomic E-state index is 12.0. The van der Waals surface area contributed by atoms with Gasteiger partial charge in [-0.1, -0.05) is 6.07 Å². The molecule has 2 rings (SSSR count). The number of carboxylic acids is 1. The fourth-order valence-corrected chi connectivity index (χ4v) is 2.98. The number of nitrogens with zero attached hydrogens (tertiary/aromatic N) is 1. The van der Waals surface area contributed by atoms with Crippen LogP contribution in [0.1, 0.15) is 28.9 Å². The topological polar surface area (TPSA) is 86.7 Å². The molecule has 1 saturated heterocycles. The van der Waals surface area contributed by atoms with E-state index in [9.17, 15) is 14.4 Å². The quantitative estimate of drug-likeness (QED) is 0.855. The third kappa shape index (κ3) is 4.29. The van der Waals surface area contributed by atoms with Crippen molar-refractivity contribution in [1.29, 1.82) is 0 Å². The number of thiophene rings is 1. The van der Waals surface area contributed by atoms with Gasteiger partial charge in [-0.3, -0.25) is 14.4 Å². The predicted molar refractivity (Wildman–Crippen MR) is 78.2 cm³/mol. The van der Waals surface area contributed by atoms with Crippen molar-refractivity contribution in [3.63, 3.8) is 0 Å². The number of rotatable bonds is 5. The summed E-state index contributed by atoms with van der Waals surface area (Å²) >= 11 is 1.35. The Morgan fingerprint density at radius 2 is 2.24 bits per heavy atom. The molecule has 1 fully saturated rings. The number of carboxylic acid groups (broad SMARTS) is 1. The summed E-state index contributed by atoms with van der Waals surface area (Å²) in [6, 6.07) is 3.52. The Morgan fingerprint density at radius 1 is 1.43 bits per heavy atom. The molecule has 21 heavy (non-hydrogen) atoms. The average molecular weight is 310 g/mol. The molecule has 0 aliphatic carbocycles.